The quantitative estimate of drug-likeness (QED) is 0.608. The van der Waals surface area contributed by atoms with E-state index in [0.29, 0.717) is 11.7 Å². The lowest BCUT2D eigenvalue weighted by molar-refractivity contribution is -0.899. The number of hydrogen-bond donors (Lipinski definition) is 3. The van der Waals surface area contributed by atoms with Crippen molar-refractivity contribution >= 4 is 28.7 Å². The lowest BCUT2D eigenvalue weighted by Gasteiger charge is -2.33. The highest BCUT2D eigenvalue weighted by Crippen LogP contribution is 2.19. The predicted octanol–water partition coefficient (Wildman–Crippen LogP) is 2.39. The van der Waals surface area contributed by atoms with Crippen molar-refractivity contribution in [2.75, 3.05) is 56.1 Å². The molecule has 156 valence electrons. The highest BCUT2D eigenvalue weighted by molar-refractivity contribution is 7.80. The summed E-state index contributed by atoms with van der Waals surface area (Å²) in [6.45, 7) is 13.4. The second kappa shape index (κ2) is 10.5. The first-order chi connectivity index (χ1) is 14.1. The maximum absolute atomic E-state index is 5.53. The topological polar surface area (TPSA) is 41.0 Å². The molecule has 29 heavy (non-hydrogen) atoms. The maximum atomic E-state index is 5.53. The monoisotopic (exact) mass is 413 g/mol. The Bertz CT molecular complexity index is 801. The number of quaternary nitrogens is 1. The molecule has 0 aromatic heterocycles. The minimum Gasteiger partial charge on any atom is -0.494 e. The van der Waals surface area contributed by atoms with Gasteiger partial charge in [-0.1, -0.05) is 12.1 Å². The molecule has 0 amide bonds. The van der Waals surface area contributed by atoms with Gasteiger partial charge in [-0.3, -0.25) is 0 Å². The first-order valence-corrected chi connectivity index (χ1v) is 10.9. The van der Waals surface area contributed by atoms with Gasteiger partial charge in [-0.15, -0.1) is 0 Å². The van der Waals surface area contributed by atoms with Crippen molar-refractivity contribution in [3.8, 4) is 5.75 Å². The standard InChI is InChI=1S/C23H32N4OS/c1-4-28-21-10-8-20(9-11-21)27-16-14-26(15-17-27)13-12-24-23(29)25-22-7-5-6-18(2)19(22)3/h5-11H,4,12-17H2,1-3H3,(H2,24,25,29)/p+1. The summed E-state index contributed by atoms with van der Waals surface area (Å²) in [5.41, 5.74) is 4.88. The molecule has 0 spiro atoms. The van der Waals surface area contributed by atoms with Gasteiger partial charge in [0.25, 0.3) is 0 Å². The van der Waals surface area contributed by atoms with E-state index in [2.05, 4.69) is 71.8 Å². The number of benzene rings is 2. The molecular formula is C23H33N4OS+. The zero-order chi connectivity index (χ0) is 20.6. The van der Waals surface area contributed by atoms with Crippen molar-refractivity contribution in [2.45, 2.75) is 20.8 Å². The van der Waals surface area contributed by atoms with Gasteiger partial charge in [-0.05, 0) is 74.4 Å². The zero-order valence-corrected chi connectivity index (χ0v) is 18.6. The fraction of sp³-hybridized carbons (Fsp3) is 0.435. The van der Waals surface area contributed by atoms with Gasteiger partial charge in [0.2, 0.25) is 0 Å². The average molecular weight is 414 g/mol. The highest BCUT2D eigenvalue weighted by Gasteiger charge is 2.19. The number of aryl methyl sites for hydroxylation is 1. The van der Waals surface area contributed by atoms with Crippen molar-refractivity contribution in [1.82, 2.24) is 5.32 Å². The molecule has 0 unspecified atom stereocenters. The van der Waals surface area contributed by atoms with Gasteiger partial charge >= 0.3 is 0 Å². The van der Waals surface area contributed by atoms with Crippen molar-refractivity contribution in [3.63, 3.8) is 0 Å². The van der Waals surface area contributed by atoms with Gasteiger partial charge in [-0.2, -0.15) is 0 Å². The molecule has 3 rings (SSSR count). The smallest absolute Gasteiger partial charge is 0.170 e. The molecule has 1 fully saturated rings. The minimum absolute atomic E-state index is 0.700. The Kier molecular flexibility index (Phi) is 7.72. The lowest BCUT2D eigenvalue weighted by Crippen LogP contribution is -3.15. The Labute approximate surface area is 180 Å². The number of nitrogens with one attached hydrogen (secondary N) is 3. The number of rotatable bonds is 7. The van der Waals surface area contributed by atoms with E-state index in [4.69, 9.17) is 17.0 Å². The summed E-state index contributed by atoms with van der Waals surface area (Å²) >= 11 is 5.47. The van der Waals surface area contributed by atoms with Crippen LogP contribution in [0.3, 0.4) is 0 Å². The van der Waals surface area contributed by atoms with Crippen LogP contribution in [0.5, 0.6) is 5.75 Å². The average Bonchev–Trinajstić information content (AvgIpc) is 2.73. The molecule has 0 saturated carbocycles. The van der Waals surface area contributed by atoms with Crippen molar-refractivity contribution in [1.29, 1.82) is 0 Å². The van der Waals surface area contributed by atoms with Crippen LogP contribution in [-0.2, 0) is 0 Å². The molecule has 1 aliphatic heterocycles. The molecule has 3 N–H and O–H groups in total. The van der Waals surface area contributed by atoms with Gasteiger partial charge in [0, 0.05) is 11.4 Å². The third-order valence-corrected chi connectivity index (χ3v) is 5.85. The predicted molar refractivity (Wildman–Crippen MR) is 126 cm³/mol. The molecule has 1 heterocycles. The second-order valence-corrected chi connectivity index (χ2v) is 7.95. The van der Waals surface area contributed by atoms with Gasteiger partial charge in [0.1, 0.15) is 5.75 Å². The molecule has 5 nitrogen and oxygen atoms in total. The van der Waals surface area contributed by atoms with Crippen LogP contribution in [0, 0.1) is 13.8 Å². The lowest BCUT2D eigenvalue weighted by atomic mass is 10.1. The highest BCUT2D eigenvalue weighted by atomic mass is 32.1. The molecule has 2 aromatic rings. The van der Waals surface area contributed by atoms with Crippen molar-refractivity contribution in [3.05, 3.63) is 53.6 Å². The Hall–Kier alpha value is -2.31. The number of hydrogen-bond acceptors (Lipinski definition) is 3. The fourth-order valence-corrected chi connectivity index (χ4v) is 3.87. The third-order valence-electron chi connectivity index (χ3n) is 5.60. The summed E-state index contributed by atoms with van der Waals surface area (Å²) in [6, 6.07) is 14.7. The second-order valence-electron chi connectivity index (χ2n) is 7.54. The van der Waals surface area contributed by atoms with Crippen LogP contribution >= 0.6 is 12.2 Å². The Morgan fingerprint density at radius 3 is 2.52 bits per heavy atom. The van der Waals surface area contributed by atoms with Gasteiger partial charge in [0.15, 0.2) is 5.11 Å². The molecule has 1 saturated heterocycles. The van der Waals surface area contributed by atoms with Crippen LogP contribution in [0.15, 0.2) is 42.5 Å². The summed E-state index contributed by atoms with van der Waals surface area (Å²) in [5, 5.41) is 7.38. The zero-order valence-electron chi connectivity index (χ0n) is 17.8. The number of ether oxygens (including phenoxy) is 1. The van der Waals surface area contributed by atoms with Crippen LogP contribution < -0.4 is 25.2 Å². The van der Waals surface area contributed by atoms with Crippen LogP contribution in [0.25, 0.3) is 0 Å². The summed E-state index contributed by atoms with van der Waals surface area (Å²) in [7, 11) is 0. The van der Waals surface area contributed by atoms with Crippen LogP contribution in [0.1, 0.15) is 18.1 Å². The summed E-state index contributed by atoms with van der Waals surface area (Å²) in [4.78, 5) is 4.08. The van der Waals surface area contributed by atoms with Gasteiger partial charge in [-0.25, -0.2) is 0 Å². The van der Waals surface area contributed by atoms with Gasteiger partial charge in [0.05, 0.1) is 45.9 Å². The summed E-state index contributed by atoms with van der Waals surface area (Å²) in [5.74, 6) is 0.942. The van der Waals surface area contributed by atoms with Crippen LogP contribution in [0.2, 0.25) is 0 Å². The summed E-state index contributed by atoms with van der Waals surface area (Å²) in [6.07, 6.45) is 0. The first-order valence-electron chi connectivity index (χ1n) is 10.5. The van der Waals surface area contributed by atoms with Crippen LogP contribution in [0.4, 0.5) is 11.4 Å². The molecule has 0 aliphatic carbocycles. The van der Waals surface area contributed by atoms with Crippen molar-refractivity contribution in [2.24, 2.45) is 0 Å². The van der Waals surface area contributed by atoms with E-state index in [1.54, 1.807) is 4.90 Å². The van der Waals surface area contributed by atoms with Gasteiger partial charge < -0.3 is 25.2 Å². The van der Waals surface area contributed by atoms with E-state index < -0.39 is 0 Å². The Morgan fingerprint density at radius 1 is 1.10 bits per heavy atom. The van der Waals surface area contributed by atoms with E-state index in [0.717, 1.165) is 50.7 Å². The van der Waals surface area contributed by atoms with Crippen LogP contribution in [-0.4, -0.2) is 51.0 Å². The normalized spacial score (nSPS) is 14.5. The van der Waals surface area contributed by atoms with E-state index in [1.165, 1.54) is 16.8 Å². The van der Waals surface area contributed by atoms with E-state index in [9.17, 15) is 0 Å². The third kappa shape index (κ3) is 6.08. The Morgan fingerprint density at radius 2 is 1.83 bits per heavy atom. The van der Waals surface area contributed by atoms with Crippen molar-refractivity contribution < 1.29 is 9.64 Å². The first kappa shape index (κ1) is 21.4. The molecular weight excluding hydrogens is 380 g/mol. The van der Waals surface area contributed by atoms with E-state index in [-0.39, 0.29) is 0 Å². The number of nitrogens with zero attached hydrogens (tertiary/aromatic N) is 1. The largest absolute Gasteiger partial charge is 0.494 e. The molecule has 0 bridgehead atoms. The molecule has 2 aromatic carbocycles. The maximum Gasteiger partial charge on any atom is 0.170 e. The molecule has 0 atom stereocenters. The fourth-order valence-electron chi connectivity index (χ4n) is 3.66. The SMILES string of the molecule is CCOc1ccc(N2CC[NH+](CCNC(=S)Nc3cccc(C)c3C)CC2)cc1. The number of piperazine rings is 1. The molecule has 0 radical (unpaired) electrons. The number of anilines is 2. The Balaban J connectivity index is 1.37. The molecule has 1 aliphatic rings. The number of thiocarbonyl (C=S) groups is 1. The van der Waals surface area contributed by atoms with E-state index in [1.807, 2.05) is 6.92 Å². The van der Waals surface area contributed by atoms with E-state index >= 15 is 0 Å². The molecule has 6 heteroatoms. The minimum atomic E-state index is 0.700. The summed E-state index contributed by atoms with van der Waals surface area (Å²) < 4.78 is 5.53.